The number of amidine groups is 1. The smallest absolute Gasteiger partial charge is 0.326 e. The van der Waals surface area contributed by atoms with Gasteiger partial charge in [0.05, 0.1) is 11.0 Å². The first-order valence-electron chi connectivity index (χ1n) is 12.6. The Hall–Kier alpha value is -4.69. The number of carbonyl (C=O) groups excluding carboxylic acids is 1. The number of phenols is 1. The van der Waals surface area contributed by atoms with Crippen LogP contribution in [0.25, 0.3) is 16.6 Å². The summed E-state index contributed by atoms with van der Waals surface area (Å²) in [7, 11) is -4.78. The molecule has 1 amide bonds. The van der Waals surface area contributed by atoms with Gasteiger partial charge in [-0.2, -0.15) is 0 Å². The van der Waals surface area contributed by atoms with Gasteiger partial charge in [-0.3, -0.25) is 10.2 Å². The van der Waals surface area contributed by atoms with Crippen LogP contribution in [0.3, 0.4) is 0 Å². The van der Waals surface area contributed by atoms with E-state index in [0.717, 1.165) is 6.08 Å². The second-order valence-corrected chi connectivity index (χ2v) is 11.8. The number of H-pyrrole nitrogens is 1. The van der Waals surface area contributed by atoms with Gasteiger partial charge in [-0.1, -0.05) is 23.8 Å². The van der Waals surface area contributed by atoms with Gasteiger partial charge < -0.3 is 30.9 Å². The molecule has 1 saturated heterocycles. The summed E-state index contributed by atoms with van der Waals surface area (Å²) in [4.78, 5) is 33.5. The number of allylic oxidation sites excluding steroid dienone is 1. The maximum absolute atomic E-state index is 13.5. The Bertz CT molecular complexity index is 1780. The molecule has 5 rings (SSSR count). The average Bonchev–Trinajstić information content (AvgIpc) is 3.57. The van der Waals surface area contributed by atoms with Crippen molar-refractivity contribution in [2.24, 2.45) is 10.9 Å². The third-order valence-electron chi connectivity index (χ3n) is 7.51. The highest BCUT2D eigenvalue weighted by Crippen LogP contribution is 2.48. The molecular weight excluding hydrogens is 552 g/mol. The minimum atomic E-state index is -4.78. The number of imidazole rings is 1. The van der Waals surface area contributed by atoms with E-state index in [-0.39, 0.29) is 53.5 Å². The van der Waals surface area contributed by atoms with Crippen LogP contribution in [0.4, 0.5) is 0 Å². The van der Waals surface area contributed by atoms with Crippen LogP contribution in [0.5, 0.6) is 5.75 Å². The minimum absolute atomic E-state index is 0.00325. The molecule has 9 N–H and O–H groups in total. The topological polar surface area (TPSA) is 237 Å². The maximum Gasteiger partial charge on any atom is 0.326 e. The number of fused-ring (bicyclic) bond motifs is 1. The molecule has 1 fully saturated rings. The van der Waals surface area contributed by atoms with Gasteiger partial charge in [-0.15, -0.1) is 0 Å². The zero-order valence-corrected chi connectivity index (χ0v) is 22.5. The molecule has 2 unspecified atom stereocenters. The summed E-state index contributed by atoms with van der Waals surface area (Å²) in [5.74, 6) is -3.13. The average molecular weight is 581 g/mol. The van der Waals surface area contributed by atoms with E-state index in [1.54, 1.807) is 12.1 Å². The van der Waals surface area contributed by atoms with E-state index in [2.05, 4.69) is 9.97 Å². The monoisotopic (exact) mass is 580 g/mol. The number of hydrogen-bond acceptors (Lipinski definition) is 8. The molecule has 0 saturated carbocycles. The van der Waals surface area contributed by atoms with Crippen molar-refractivity contribution in [3.05, 3.63) is 76.8 Å². The Morgan fingerprint density at radius 2 is 1.93 bits per heavy atom. The first kappa shape index (κ1) is 27.9. The van der Waals surface area contributed by atoms with Crippen LogP contribution in [-0.4, -0.2) is 68.9 Å². The number of nitrogens with one attached hydrogen (secondary N) is 2. The van der Waals surface area contributed by atoms with E-state index < -0.39 is 38.4 Å². The van der Waals surface area contributed by atoms with Crippen LogP contribution < -0.4 is 10.9 Å². The van der Waals surface area contributed by atoms with Crippen LogP contribution in [0, 0.1) is 5.41 Å². The number of aromatic amines is 1. The van der Waals surface area contributed by atoms with Gasteiger partial charge in [0, 0.05) is 29.7 Å². The van der Waals surface area contributed by atoms with Gasteiger partial charge in [0.25, 0.3) is 0 Å². The number of benzene rings is 2. The number of nitrogens with two attached hydrogens (primary N) is 2. The number of aromatic hydroxyl groups is 1. The molecule has 0 radical (unpaired) electrons. The first-order chi connectivity index (χ1) is 19.3. The molecule has 1 aliphatic carbocycles. The number of nitrogens with zero attached hydrogens (tertiary/aromatic N) is 2. The van der Waals surface area contributed by atoms with Crippen molar-refractivity contribution in [3.63, 3.8) is 0 Å². The molecule has 41 heavy (non-hydrogen) atoms. The van der Waals surface area contributed by atoms with Crippen LogP contribution in [0.1, 0.15) is 42.6 Å². The summed E-state index contributed by atoms with van der Waals surface area (Å²) < 4.78 is 24.4. The van der Waals surface area contributed by atoms with Crippen molar-refractivity contribution in [1.82, 2.24) is 14.9 Å². The number of aliphatic hydroxyl groups excluding tert-OH is 1. The Morgan fingerprint density at radius 1 is 1.20 bits per heavy atom. The fourth-order valence-electron chi connectivity index (χ4n) is 5.51. The highest BCUT2D eigenvalue weighted by molar-refractivity contribution is 7.90. The molecule has 13 nitrogen and oxygen atoms in total. The predicted octanol–water partition coefficient (Wildman–Crippen LogP) is 1.80. The standard InChI is InChI=1S/C27H28N6O7S/c28-24(29)15-7-8-18-19(12-15)32-26(31-18)27(41(30,39)40)13-14(11-22(35)33-9-3-5-20(33)25(37)38)10-17(23(27)36)16-4-1-2-6-21(16)34/h1-2,4,6-8,12-13,20,34,36H,3,5,9-11H2,(H3,28,29)(H,31,32)(H,37,38)(H2,30,39,40). The third-order valence-corrected chi connectivity index (χ3v) is 8.91. The Kier molecular flexibility index (Phi) is 6.83. The van der Waals surface area contributed by atoms with Crippen molar-refractivity contribution < 1.29 is 33.3 Å². The lowest BCUT2D eigenvalue weighted by atomic mass is 9.83. The zero-order chi connectivity index (χ0) is 29.7. The van der Waals surface area contributed by atoms with Gasteiger partial charge in [-0.05, 0) is 49.6 Å². The van der Waals surface area contributed by atoms with Crippen LogP contribution >= 0.6 is 0 Å². The normalized spacial score (nSPS) is 21.2. The number of rotatable bonds is 7. The Morgan fingerprint density at radius 3 is 2.59 bits per heavy atom. The molecule has 2 aromatic carbocycles. The van der Waals surface area contributed by atoms with E-state index in [1.807, 2.05) is 0 Å². The molecule has 1 aromatic heterocycles. The number of likely N-dealkylation sites (tertiary alicyclic amines) is 1. The number of amides is 1. The molecule has 2 aliphatic rings. The minimum Gasteiger partial charge on any atom is -0.509 e. The number of sulfonamides is 1. The molecule has 2 heterocycles. The maximum atomic E-state index is 13.5. The van der Waals surface area contributed by atoms with Crippen molar-refractivity contribution in [3.8, 4) is 5.75 Å². The van der Waals surface area contributed by atoms with E-state index in [0.29, 0.717) is 29.4 Å². The third kappa shape index (κ3) is 4.70. The number of hydrogen-bond donors (Lipinski definition) is 7. The number of carbonyl (C=O) groups is 2. The van der Waals surface area contributed by atoms with Gasteiger partial charge in [0.2, 0.25) is 20.7 Å². The van der Waals surface area contributed by atoms with Crippen LogP contribution in [-0.2, 0) is 24.4 Å². The lowest BCUT2D eigenvalue weighted by Gasteiger charge is -2.33. The molecule has 2 atom stereocenters. The SMILES string of the molecule is N=C(N)c1ccc2nc(C3(S(N)(=O)=O)C=C(CC(=O)N4CCCC4C(=O)O)CC(c4ccccc4O)=C3O)[nH]c2c1. The lowest BCUT2D eigenvalue weighted by Crippen LogP contribution is -2.44. The predicted molar refractivity (Wildman–Crippen MR) is 149 cm³/mol. The van der Waals surface area contributed by atoms with Crippen molar-refractivity contribution >= 4 is 44.3 Å². The van der Waals surface area contributed by atoms with E-state index >= 15 is 0 Å². The lowest BCUT2D eigenvalue weighted by molar-refractivity contribution is -0.148. The largest absolute Gasteiger partial charge is 0.509 e. The number of carboxylic acids is 1. The molecule has 1 aliphatic heterocycles. The highest BCUT2D eigenvalue weighted by Gasteiger charge is 2.52. The Balaban J connectivity index is 1.72. The number of para-hydroxylation sites is 1. The highest BCUT2D eigenvalue weighted by atomic mass is 32.2. The second kappa shape index (κ2) is 10.1. The van der Waals surface area contributed by atoms with Gasteiger partial charge >= 0.3 is 5.97 Å². The Labute approximate surface area is 234 Å². The number of aliphatic carboxylic acids is 1. The summed E-state index contributed by atoms with van der Waals surface area (Å²) in [6.07, 6.45) is 1.47. The van der Waals surface area contributed by atoms with E-state index in [4.69, 9.17) is 16.3 Å². The van der Waals surface area contributed by atoms with Gasteiger partial charge in [-0.25, -0.2) is 23.3 Å². The summed E-state index contributed by atoms with van der Waals surface area (Å²) in [5, 5.41) is 45.3. The van der Waals surface area contributed by atoms with Crippen LogP contribution in [0.2, 0.25) is 0 Å². The number of phenolic OH excluding ortho intramolecular Hbond substituents is 1. The van der Waals surface area contributed by atoms with Gasteiger partial charge in [0.1, 0.15) is 29.2 Å². The summed E-state index contributed by atoms with van der Waals surface area (Å²) >= 11 is 0. The molecule has 0 spiro atoms. The summed E-state index contributed by atoms with van der Waals surface area (Å²) in [6, 6.07) is 9.53. The number of carboxylic acid groups (broad SMARTS) is 1. The first-order valence-corrected chi connectivity index (χ1v) is 14.2. The number of nitrogen functional groups attached to an aromatic ring is 1. The van der Waals surface area contributed by atoms with Crippen LogP contribution in [0.15, 0.2) is 59.9 Å². The van der Waals surface area contributed by atoms with Gasteiger partial charge in [0.15, 0.2) is 0 Å². The quantitative estimate of drug-likeness (QED) is 0.122. The fourth-order valence-corrected chi connectivity index (χ4v) is 6.60. The molecule has 214 valence electrons. The molecule has 14 heteroatoms. The second-order valence-electron chi connectivity index (χ2n) is 10.1. The van der Waals surface area contributed by atoms with E-state index in [9.17, 15) is 33.3 Å². The van der Waals surface area contributed by atoms with Crippen molar-refractivity contribution in [2.45, 2.75) is 36.5 Å². The number of aromatic nitrogens is 2. The number of primary sulfonamides is 1. The summed E-state index contributed by atoms with van der Waals surface area (Å²) in [5.41, 5.74) is 6.89. The molecule has 3 aromatic rings. The molecular formula is C27H28N6O7S. The number of aliphatic hydroxyl groups is 1. The zero-order valence-electron chi connectivity index (χ0n) is 21.7. The fraction of sp³-hybridized carbons (Fsp3) is 0.259. The summed E-state index contributed by atoms with van der Waals surface area (Å²) in [6.45, 7) is 0.235. The molecule has 0 bridgehead atoms. The van der Waals surface area contributed by atoms with Crippen molar-refractivity contribution in [1.29, 1.82) is 5.41 Å². The van der Waals surface area contributed by atoms with E-state index in [1.165, 1.54) is 35.2 Å². The van der Waals surface area contributed by atoms with Crippen molar-refractivity contribution in [2.75, 3.05) is 6.54 Å².